The first-order chi connectivity index (χ1) is 9.63. The highest BCUT2D eigenvalue weighted by Crippen LogP contribution is 2.27. The Bertz CT molecular complexity index is 624. The van der Waals surface area contributed by atoms with E-state index in [1.165, 1.54) is 12.8 Å². The molecular formula is C16H19N3O. The van der Waals surface area contributed by atoms with Crippen molar-refractivity contribution in [2.45, 2.75) is 26.7 Å². The van der Waals surface area contributed by atoms with Gasteiger partial charge in [0.05, 0.1) is 11.4 Å². The van der Waals surface area contributed by atoms with Crippen LogP contribution in [0.5, 0.6) is 0 Å². The molecule has 1 saturated carbocycles. The van der Waals surface area contributed by atoms with Crippen LogP contribution in [0.15, 0.2) is 30.3 Å². The minimum absolute atomic E-state index is 0.0109. The van der Waals surface area contributed by atoms with Gasteiger partial charge in [-0.05, 0) is 62.9 Å². The second-order valence-electron chi connectivity index (χ2n) is 5.54. The summed E-state index contributed by atoms with van der Waals surface area (Å²) in [5.74, 6) is 0.713. The lowest BCUT2D eigenvalue weighted by Gasteiger charge is -2.07. The third-order valence-electron chi connectivity index (χ3n) is 3.63. The molecule has 20 heavy (non-hydrogen) atoms. The molecule has 1 aromatic carbocycles. The molecule has 1 aliphatic rings. The van der Waals surface area contributed by atoms with Gasteiger partial charge >= 0.3 is 0 Å². The van der Waals surface area contributed by atoms with Gasteiger partial charge in [-0.2, -0.15) is 5.10 Å². The van der Waals surface area contributed by atoms with Gasteiger partial charge in [-0.15, -0.1) is 0 Å². The molecule has 0 bridgehead atoms. The lowest BCUT2D eigenvalue weighted by atomic mass is 10.2. The van der Waals surface area contributed by atoms with Crippen molar-refractivity contribution in [3.63, 3.8) is 0 Å². The Balaban J connectivity index is 1.73. The zero-order valence-electron chi connectivity index (χ0n) is 11.9. The molecule has 2 aromatic rings. The van der Waals surface area contributed by atoms with Crippen LogP contribution in [0.4, 0.5) is 0 Å². The van der Waals surface area contributed by atoms with E-state index in [0.29, 0.717) is 11.5 Å². The van der Waals surface area contributed by atoms with Crippen LogP contribution in [-0.2, 0) is 0 Å². The van der Waals surface area contributed by atoms with E-state index in [0.717, 1.165) is 23.6 Å². The SMILES string of the molecule is Cc1cc(C)n(-c2ccc(C(=O)NCC3CC3)cc2)n1. The average Bonchev–Trinajstić information content (AvgIpc) is 3.21. The molecule has 4 nitrogen and oxygen atoms in total. The van der Waals surface area contributed by atoms with Crippen molar-refractivity contribution in [1.29, 1.82) is 0 Å². The minimum Gasteiger partial charge on any atom is -0.352 e. The van der Waals surface area contributed by atoms with E-state index in [4.69, 9.17) is 0 Å². The number of nitrogens with zero attached hydrogens (tertiary/aromatic N) is 2. The third kappa shape index (κ3) is 2.74. The normalized spacial score (nSPS) is 14.3. The number of carbonyl (C=O) groups is 1. The monoisotopic (exact) mass is 269 g/mol. The quantitative estimate of drug-likeness (QED) is 0.927. The largest absolute Gasteiger partial charge is 0.352 e. The summed E-state index contributed by atoms with van der Waals surface area (Å²) in [6.07, 6.45) is 2.49. The second-order valence-corrected chi connectivity index (χ2v) is 5.54. The Labute approximate surface area is 118 Å². The molecule has 0 radical (unpaired) electrons. The van der Waals surface area contributed by atoms with Crippen molar-refractivity contribution in [1.82, 2.24) is 15.1 Å². The highest BCUT2D eigenvalue weighted by Gasteiger charge is 2.21. The Morgan fingerprint density at radius 1 is 1.30 bits per heavy atom. The van der Waals surface area contributed by atoms with Crippen LogP contribution in [0, 0.1) is 19.8 Å². The van der Waals surface area contributed by atoms with Crippen molar-refractivity contribution in [2.24, 2.45) is 5.92 Å². The maximum Gasteiger partial charge on any atom is 0.251 e. The van der Waals surface area contributed by atoms with E-state index in [9.17, 15) is 4.79 Å². The number of carbonyl (C=O) groups excluding carboxylic acids is 1. The Kier molecular flexibility index (Phi) is 3.30. The number of aryl methyl sites for hydroxylation is 2. The highest BCUT2D eigenvalue weighted by molar-refractivity contribution is 5.94. The maximum absolute atomic E-state index is 12.0. The van der Waals surface area contributed by atoms with Crippen molar-refractivity contribution in [2.75, 3.05) is 6.54 Å². The molecule has 0 unspecified atom stereocenters. The first-order valence-corrected chi connectivity index (χ1v) is 7.05. The topological polar surface area (TPSA) is 46.9 Å². The van der Waals surface area contributed by atoms with E-state index < -0.39 is 0 Å². The standard InChI is InChI=1S/C16H19N3O/c1-11-9-12(2)19(18-11)15-7-5-14(6-8-15)16(20)17-10-13-3-4-13/h5-9,13H,3-4,10H2,1-2H3,(H,17,20). The molecule has 0 spiro atoms. The van der Waals surface area contributed by atoms with Gasteiger partial charge in [-0.3, -0.25) is 4.79 Å². The molecular weight excluding hydrogens is 250 g/mol. The lowest BCUT2D eigenvalue weighted by Crippen LogP contribution is -2.25. The van der Waals surface area contributed by atoms with Gasteiger partial charge in [-0.1, -0.05) is 0 Å². The maximum atomic E-state index is 12.0. The Hall–Kier alpha value is -2.10. The van der Waals surface area contributed by atoms with Gasteiger partial charge in [0.1, 0.15) is 0 Å². The smallest absolute Gasteiger partial charge is 0.251 e. The third-order valence-corrected chi connectivity index (χ3v) is 3.63. The van der Waals surface area contributed by atoms with Crippen LogP contribution >= 0.6 is 0 Å². The van der Waals surface area contributed by atoms with Crippen LogP contribution in [0.2, 0.25) is 0 Å². The first-order valence-electron chi connectivity index (χ1n) is 7.05. The predicted octanol–water partition coefficient (Wildman–Crippen LogP) is 2.63. The molecule has 1 amide bonds. The number of amides is 1. The molecule has 1 fully saturated rings. The molecule has 4 heteroatoms. The van der Waals surface area contributed by atoms with Crippen LogP contribution in [0.3, 0.4) is 0 Å². The van der Waals surface area contributed by atoms with Crippen LogP contribution < -0.4 is 5.32 Å². The molecule has 0 atom stereocenters. The molecule has 1 aliphatic carbocycles. The molecule has 0 saturated heterocycles. The summed E-state index contributed by atoms with van der Waals surface area (Å²) in [4.78, 5) is 12.0. The zero-order valence-corrected chi connectivity index (χ0v) is 11.9. The number of aromatic nitrogens is 2. The number of rotatable bonds is 4. The number of benzene rings is 1. The van der Waals surface area contributed by atoms with E-state index in [2.05, 4.69) is 10.4 Å². The zero-order chi connectivity index (χ0) is 14.1. The first kappa shape index (κ1) is 12.9. The number of hydrogen-bond acceptors (Lipinski definition) is 2. The fourth-order valence-corrected chi connectivity index (χ4v) is 2.31. The summed E-state index contributed by atoms with van der Waals surface area (Å²) in [5, 5.41) is 7.41. The molecule has 0 aliphatic heterocycles. The summed E-state index contributed by atoms with van der Waals surface area (Å²) < 4.78 is 1.89. The minimum atomic E-state index is 0.0109. The molecule has 1 heterocycles. The summed E-state index contributed by atoms with van der Waals surface area (Å²) >= 11 is 0. The van der Waals surface area contributed by atoms with Gasteiger partial charge in [-0.25, -0.2) is 4.68 Å². The lowest BCUT2D eigenvalue weighted by molar-refractivity contribution is 0.0952. The number of hydrogen-bond donors (Lipinski definition) is 1. The molecule has 3 rings (SSSR count). The summed E-state index contributed by atoms with van der Waals surface area (Å²) in [6.45, 7) is 4.80. The van der Waals surface area contributed by atoms with Crippen molar-refractivity contribution < 1.29 is 4.79 Å². The van der Waals surface area contributed by atoms with Crippen molar-refractivity contribution in [3.05, 3.63) is 47.3 Å². The van der Waals surface area contributed by atoms with Crippen LogP contribution in [0.25, 0.3) is 5.69 Å². The predicted molar refractivity (Wildman–Crippen MR) is 78.1 cm³/mol. The fourth-order valence-electron chi connectivity index (χ4n) is 2.31. The highest BCUT2D eigenvalue weighted by atomic mass is 16.1. The van der Waals surface area contributed by atoms with Crippen LogP contribution in [0.1, 0.15) is 34.6 Å². The van der Waals surface area contributed by atoms with Crippen molar-refractivity contribution in [3.8, 4) is 5.69 Å². The van der Waals surface area contributed by atoms with E-state index in [1.807, 2.05) is 48.9 Å². The van der Waals surface area contributed by atoms with Gasteiger partial charge < -0.3 is 5.32 Å². The average molecular weight is 269 g/mol. The van der Waals surface area contributed by atoms with Crippen molar-refractivity contribution >= 4 is 5.91 Å². The summed E-state index contributed by atoms with van der Waals surface area (Å²) in [5.41, 5.74) is 3.77. The molecule has 104 valence electrons. The van der Waals surface area contributed by atoms with Gasteiger partial charge in [0.2, 0.25) is 0 Å². The number of nitrogens with one attached hydrogen (secondary N) is 1. The van der Waals surface area contributed by atoms with Crippen LogP contribution in [-0.4, -0.2) is 22.2 Å². The summed E-state index contributed by atoms with van der Waals surface area (Å²) in [7, 11) is 0. The second kappa shape index (κ2) is 5.12. The van der Waals surface area contributed by atoms with Gasteiger partial charge in [0, 0.05) is 17.8 Å². The fraction of sp³-hybridized carbons (Fsp3) is 0.375. The van der Waals surface area contributed by atoms with Gasteiger partial charge in [0.15, 0.2) is 0 Å². The summed E-state index contributed by atoms with van der Waals surface area (Å²) in [6, 6.07) is 9.62. The molecule has 1 aromatic heterocycles. The Morgan fingerprint density at radius 3 is 2.55 bits per heavy atom. The van der Waals surface area contributed by atoms with E-state index >= 15 is 0 Å². The van der Waals surface area contributed by atoms with E-state index in [1.54, 1.807) is 0 Å². The Morgan fingerprint density at radius 2 is 2.00 bits per heavy atom. The van der Waals surface area contributed by atoms with E-state index in [-0.39, 0.29) is 5.91 Å². The molecule has 1 N–H and O–H groups in total. The van der Waals surface area contributed by atoms with Gasteiger partial charge in [0.25, 0.3) is 5.91 Å².